The lowest BCUT2D eigenvalue weighted by Crippen LogP contribution is -2.08. The van der Waals surface area contributed by atoms with Gasteiger partial charge in [-0.25, -0.2) is 4.39 Å². The van der Waals surface area contributed by atoms with Crippen LogP contribution in [-0.2, 0) is 0 Å². The van der Waals surface area contributed by atoms with Crippen molar-refractivity contribution in [3.63, 3.8) is 0 Å². The Kier molecular flexibility index (Phi) is 3.70. The van der Waals surface area contributed by atoms with Crippen LogP contribution in [0.15, 0.2) is 42.7 Å². The van der Waals surface area contributed by atoms with Crippen molar-refractivity contribution >= 4 is 11.4 Å². The molecule has 0 saturated heterocycles. The van der Waals surface area contributed by atoms with E-state index in [1.807, 2.05) is 13.0 Å². The third-order valence-corrected chi connectivity index (χ3v) is 2.72. The SMILES string of the molecule is CC(Nc1ccc([N+](=O)[O-])cc1F)c1cccnc1. The normalized spacial score (nSPS) is 11.9. The maximum absolute atomic E-state index is 13.7. The Bertz CT molecular complexity index is 590. The summed E-state index contributed by atoms with van der Waals surface area (Å²) < 4.78 is 13.7. The highest BCUT2D eigenvalue weighted by atomic mass is 19.1. The number of non-ortho nitro benzene ring substituents is 1. The van der Waals surface area contributed by atoms with E-state index in [0.717, 1.165) is 11.6 Å². The van der Waals surface area contributed by atoms with Gasteiger partial charge in [-0.3, -0.25) is 15.1 Å². The maximum Gasteiger partial charge on any atom is 0.272 e. The largest absolute Gasteiger partial charge is 0.376 e. The first-order valence-electron chi connectivity index (χ1n) is 5.68. The van der Waals surface area contributed by atoms with Gasteiger partial charge in [-0.05, 0) is 24.6 Å². The molecule has 1 aromatic heterocycles. The molecule has 6 heteroatoms. The summed E-state index contributed by atoms with van der Waals surface area (Å²) in [6, 6.07) is 7.04. The standard InChI is InChI=1S/C13H12FN3O2/c1-9(10-3-2-6-15-8-10)16-13-5-4-11(17(18)19)7-12(13)14/h2-9,16H,1H3. The number of hydrogen-bond donors (Lipinski definition) is 1. The van der Waals surface area contributed by atoms with Gasteiger partial charge in [-0.15, -0.1) is 0 Å². The van der Waals surface area contributed by atoms with E-state index >= 15 is 0 Å². The molecule has 0 amide bonds. The van der Waals surface area contributed by atoms with E-state index in [4.69, 9.17) is 0 Å². The first kappa shape index (κ1) is 12.9. The van der Waals surface area contributed by atoms with Gasteiger partial charge in [0.2, 0.25) is 0 Å². The van der Waals surface area contributed by atoms with Crippen molar-refractivity contribution in [1.29, 1.82) is 0 Å². The molecule has 19 heavy (non-hydrogen) atoms. The summed E-state index contributed by atoms with van der Waals surface area (Å²) >= 11 is 0. The van der Waals surface area contributed by atoms with Gasteiger partial charge in [-0.2, -0.15) is 0 Å². The molecule has 1 heterocycles. The zero-order valence-electron chi connectivity index (χ0n) is 10.2. The minimum absolute atomic E-state index is 0.148. The fourth-order valence-corrected chi connectivity index (χ4v) is 1.68. The number of hydrogen-bond acceptors (Lipinski definition) is 4. The quantitative estimate of drug-likeness (QED) is 0.677. The number of pyridine rings is 1. The summed E-state index contributed by atoms with van der Waals surface area (Å²) in [5.74, 6) is -0.648. The molecule has 0 fully saturated rings. The van der Waals surface area contributed by atoms with Crippen molar-refractivity contribution < 1.29 is 9.31 Å². The Balaban J connectivity index is 2.18. The van der Waals surface area contributed by atoms with Crippen molar-refractivity contribution in [3.05, 3.63) is 64.2 Å². The average molecular weight is 261 g/mol. The summed E-state index contributed by atoms with van der Waals surface area (Å²) in [4.78, 5) is 13.9. The lowest BCUT2D eigenvalue weighted by molar-refractivity contribution is -0.385. The molecule has 1 N–H and O–H groups in total. The molecule has 0 aliphatic rings. The smallest absolute Gasteiger partial charge is 0.272 e. The molecule has 1 unspecified atom stereocenters. The predicted molar refractivity (Wildman–Crippen MR) is 69.3 cm³/mol. The Labute approximate surface area is 109 Å². The van der Waals surface area contributed by atoms with E-state index < -0.39 is 10.7 Å². The Morgan fingerprint density at radius 2 is 2.21 bits per heavy atom. The highest BCUT2D eigenvalue weighted by molar-refractivity contribution is 5.51. The first-order chi connectivity index (χ1) is 9.08. The van der Waals surface area contributed by atoms with Gasteiger partial charge in [0, 0.05) is 18.5 Å². The number of halogens is 1. The van der Waals surface area contributed by atoms with E-state index in [1.54, 1.807) is 18.5 Å². The number of nitrogens with zero attached hydrogens (tertiary/aromatic N) is 2. The molecule has 0 bridgehead atoms. The highest BCUT2D eigenvalue weighted by Crippen LogP contribution is 2.24. The number of anilines is 1. The molecular formula is C13H12FN3O2. The molecule has 0 saturated carbocycles. The van der Waals surface area contributed by atoms with Crippen LogP contribution in [0.25, 0.3) is 0 Å². The van der Waals surface area contributed by atoms with Crippen LogP contribution in [0, 0.1) is 15.9 Å². The van der Waals surface area contributed by atoms with Crippen LogP contribution in [0.4, 0.5) is 15.8 Å². The van der Waals surface area contributed by atoms with E-state index in [1.165, 1.54) is 12.1 Å². The molecule has 0 aliphatic carbocycles. The fourth-order valence-electron chi connectivity index (χ4n) is 1.68. The molecule has 1 aromatic carbocycles. The molecule has 2 rings (SSSR count). The second-order valence-corrected chi connectivity index (χ2v) is 4.07. The monoisotopic (exact) mass is 261 g/mol. The summed E-state index contributed by atoms with van der Waals surface area (Å²) in [7, 11) is 0. The van der Waals surface area contributed by atoms with Crippen LogP contribution in [0.1, 0.15) is 18.5 Å². The van der Waals surface area contributed by atoms with E-state index in [9.17, 15) is 14.5 Å². The summed E-state index contributed by atoms with van der Waals surface area (Å²) in [6.45, 7) is 1.86. The van der Waals surface area contributed by atoms with E-state index in [0.29, 0.717) is 0 Å². The number of nitro groups is 1. The van der Waals surface area contributed by atoms with Gasteiger partial charge >= 0.3 is 0 Å². The van der Waals surface area contributed by atoms with E-state index in [2.05, 4.69) is 10.3 Å². The molecule has 0 aliphatic heterocycles. The fraction of sp³-hybridized carbons (Fsp3) is 0.154. The second kappa shape index (κ2) is 5.43. The van der Waals surface area contributed by atoms with Gasteiger partial charge in [0.25, 0.3) is 5.69 Å². The number of nitro benzene ring substituents is 1. The van der Waals surface area contributed by atoms with Gasteiger partial charge in [0.15, 0.2) is 5.82 Å². The van der Waals surface area contributed by atoms with Crippen LogP contribution >= 0.6 is 0 Å². The summed E-state index contributed by atoms with van der Waals surface area (Å²) in [6.07, 6.45) is 3.34. The molecule has 1 atom stereocenters. The van der Waals surface area contributed by atoms with Crippen molar-refractivity contribution in [2.24, 2.45) is 0 Å². The average Bonchev–Trinajstić information content (AvgIpc) is 2.41. The molecule has 0 radical (unpaired) electrons. The van der Waals surface area contributed by atoms with Gasteiger partial charge in [-0.1, -0.05) is 6.07 Å². The zero-order chi connectivity index (χ0) is 13.8. The summed E-state index contributed by atoms with van der Waals surface area (Å²) in [5.41, 5.74) is 0.860. The zero-order valence-corrected chi connectivity index (χ0v) is 10.2. The number of rotatable bonds is 4. The van der Waals surface area contributed by atoms with Crippen LogP contribution in [0.3, 0.4) is 0 Å². The number of benzene rings is 1. The molecule has 98 valence electrons. The van der Waals surface area contributed by atoms with Crippen molar-refractivity contribution in [2.45, 2.75) is 13.0 Å². The first-order valence-corrected chi connectivity index (χ1v) is 5.68. The second-order valence-electron chi connectivity index (χ2n) is 4.07. The summed E-state index contributed by atoms with van der Waals surface area (Å²) in [5, 5.41) is 13.5. The van der Waals surface area contributed by atoms with Crippen LogP contribution in [0.5, 0.6) is 0 Å². The van der Waals surface area contributed by atoms with Crippen LogP contribution in [0.2, 0.25) is 0 Å². The van der Waals surface area contributed by atoms with Crippen molar-refractivity contribution in [3.8, 4) is 0 Å². The van der Waals surface area contributed by atoms with Gasteiger partial charge < -0.3 is 5.32 Å². The third kappa shape index (κ3) is 3.04. The topological polar surface area (TPSA) is 68.1 Å². The Hall–Kier alpha value is -2.50. The van der Waals surface area contributed by atoms with Gasteiger partial charge in [0.1, 0.15) is 0 Å². The van der Waals surface area contributed by atoms with Gasteiger partial charge in [0.05, 0.1) is 22.7 Å². The Morgan fingerprint density at radius 3 is 2.79 bits per heavy atom. The third-order valence-electron chi connectivity index (χ3n) is 2.72. The maximum atomic E-state index is 13.7. The molecule has 5 nitrogen and oxygen atoms in total. The van der Waals surface area contributed by atoms with Crippen LogP contribution in [-0.4, -0.2) is 9.91 Å². The minimum atomic E-state index is -0.648. The van der Waals surface area contributed by atoms with Crippen LogP contribution < -0.4 is 5.32 Å². The lowest BCUT2D eigenvalue weighted by Gasteiger charge is -2.15. The van der Waals surface area contributed by atoms with Crippen molar-refractivity contribution in [2.75, 3.05) is 5.32 Å². The van der Waals surface area contributed by atoms with E-state index in [-0.39, 0.29) is 17.4 Å². The number of nitrogens with one attached hydrogen (secondary N) is 1. The molecular weight excluding hydrogens is 249 g/mol. The molecule has 2 aromatic rings. The predicted octanol–water partition coefficient (Wildman–Crippen LogP) is 3.30. The lowest BCUT2D eigenvalue weighted by atomic mass is 10.1. The number of aromatic nitrogens is 1. The highest BCUT2D eigenvalue weighted by Gasteiger charge is 2.13. The minimum Gasteiger partial charge on any atom is -0.376 e. The molecule has 0 spiro atoms. The van der Waals surface area contributed by atoms with Crippen molar-refractivity contribution in [1.82, 2.24) is 4.98 Å². The Morgan fingerprint density at radius 1 is 1.42 bits per heavy atom.